The van der Waals surface area contributed by atoms with Crippen LogP contribution in [0.15, 0.2) is 0 Å². The summed E-state index contributed by atoms with van der Waals surface area (Å²) in [7, 11) is 0. The van der Waals surface area contributed by atoms with E-state index < -0.39 is 11.5 Å². The van der Waals surface area contributed by atoms with E-state index in [1.54, 1.807) is 13.8 Å². The summed E-state index contributed by atoms with van der Waals surface area (Å²) < 4.78 is 0. The van der Waals surface area contributed by atoms with Gasteiger partial charge in [0.05, 0.1) is 18.0 Å². The van der Waals surface area contributed by atoms with Gasteiger partial charge in [0.2, 0.25) is 11.8 Å². The molecule has 0 saturated carbocycles. The van der Waals surface area contributed by atoms with Gasteiger partial charge in [-0.3, -0.25) is 14.4 Å². The fourth-order valence-electron chi connectivity index (χ4n) is 2.72. The summed E-state index contributed by atoms with van der Waals surface area (Å²) in [4.78, 5) is 36.3. The minimum absolute atomic E-state index is 0.0430. The number of piperidine rings is 1. The average molecular weight is 326 g/mol. The van der Waals surface area contributed by atoms with Crippen molar-refractivity contribution in [3.63, 3.8) is 0 Å². The number of carbonyl (C=O) groups is 3. The van der Waals surface area contributed by atoms with Gasteiger partial charge in [-0.25, -0.2) is 0 Å². The van der Waals surface area contributed by atoms with Gasteiger partial charge in [-0.1, -0.05) is 13.8 Å². The quantitative estimate of drug-likeness (QED) is 0.482. The van der Waals surface area contributed by atoms with Crippen molar-refractivity contribution in [2.45, 2.75) is 46.1 Å². The van der Waals surface area contributed by atoms with Gasteiger partial charge in [-0.05, 0) is 39.3 Å². The molecule has 132 valence electrons. The van der Waals surface area contributed by atoms with Gasteiger partial charge in [-0.15, -0.1) is 0 Å². The molecular formula is C16H30N4O3. The lowest BCUT2D eigenvalue weighted by Gasteiger charge is -2.32. The van der Waals surface area contributed by atoms with Gasteiger partial charge in [0.15, 0.2) is 5.78 Å². The Labute approximate surface area is 138 Å². The monoisotopic (exact) mass is 326 g/mol. The van der Waals surface area contributed by atoms with E-state index >= 15 is 0 Å². The van der Waals surface area contributed by atoms with Crippen LogP contribution in [0.3, 0.4) is 0 Å². The Bertz CT molecular complexity index is 431. The lowest BCUT2D eigenvalue weighted by Crippen LogP contribution is -2.52. The summed E-state index contributed by atoms with van der Waals surface area (Å²) in [6.07, 6.45) is 2.14. The van der Waals surface area contributed by atoms with Crippen LogP contribution in [-0.4, -0.2) is 49.8 Å². The first-order valence-electron chi connectivity index (χ1n) is 8.32. The van der Waals surface area contributed by atoms with E-state index in [0.29, 0.717) is 19.5 Å². The van der Waals surface area contributed by atoms with E-state index in [1.807, 2.05) is 6.92 Å². The maximum Gasteiger partial charge on any atom is 0.239 e. The van der Waals surface area contributed by atoms with Crippen LogP contribution in [0.1, 0.15) is 40.0 Å². The number of Topliss-reactive ketones (excluding diaryl/α,β-unsaturated/α-hetero) is 1. The highest BCUT2D eigenvalue weighted by Crippen LogP contribution is 2.25. The first-order valence-corrected chi connectivity index (χ1v) is 8.32. The summed E-state index contributed by atoms with van der Waals surface area (Å²) >= 11 is 0. The van der Waals surface area contributed by atoms with E-state index in [-0.39, 0.29) is 30.1 Å². The van der Waals surface area contributed by atoms with Crippen LogP contribution in [0.2, 0.25) is 0 Å². The fourth-order valence-corrected chi connectivity index (χ4v) is 2.72. The van der Waals surface area contributed by atoms with Crippen LogP contribution in [0.25, 0.3) is 0 Å². The molecule has 1 aliphatic heterocycles. The Morgan fingerprint density at radius 3 is 2.52 bits per heavy atom. The number of ketones is 1. The molecule has 1 saturated heterocycles. The van der Waals surface area contributed by atoms with E-state index in [4.69, 9.17) is 5.73 Å². The zero-order valence-electron chi connectivity index (χ0n) is 14.4. The van der Waals surface area contributed by atoms with Crippen molar-refractivity contribution in [2.24, 2.45) is 17.1 Å². The van der Waals surface area contributed by atoms with Crippen molar-refractivity contribution in [2.75, 3.05) is 26.2 Å². The Morgan fingerprint density at radius 1 is 1.30 bits per heavy atom. The molecule has 7 heteroatoms. The maximum absolute atomic E-state index is 12.3. The molecule has 2 amide bonds. The minimum Gasteiger partial charge on any atom is -0.347 e. The number of amides is 2. The molecule has 0 spiro atoms. The van der Waals surface area contributed by atoms with Gasteiger partial charge in [0.1, 0.15) is 0 Å². The molecule has 2 atom stereocenters. The van der Waals surface area contributed by atoms with Crippen molar-refractivity contribution >= 4 is 17.6 Å². The molecule has 0 aliphatic carbocycles. The lowest BCUT2D eigenvalue weighted by atomic mass is 9.82. The van der Waals surface area contributed by atoms with E-state index in [0.717, 1.165) is 19.4 Å². The molecule has 5 N–H and O–H groups in total. The minimum atomic E-state index is -0.587. The Morgan fingerprint density at radius 2 is 2.00 bits per heavy atom. The SMILES string of the molecule is CC(C)C(=O)C(CCN)NC(=O)CNC(=O)C1(C)CCCNC1. The molecular weight excluding hydrogens is 296 g/mol. The zero-order chi connectivity index (χ0) is 17.5. The first kappa shape index (κ1) is 19.6. The van der Waals surface area contributed by atoms with Gasteiger partial charge in [-0.2, -0.15) is 0 Å². The topological polar surface area (TPSA) is 113 Å². The fraction of sp³-hybridized carbons (Fsp3) is 0.812. The third kappa shape index (κ3) is 5.91. The first-order chi connectivity index (χ1) is 10.8. The van der Waals surface area contributed by atoms with E-state index in [9.17, 15) is 14.4 Å². The Kier molecular flexibility index (Phi) is 7.64. The standard InChI is InChI=1S/C16H30N4O3/c1-11(2)14(22)12(5-7-17)20-13(21)9-19-15(23)16(3)6-4-8-18-10-16/h11-12,18H,4-10,17H2,1-3H3,(H,19,23)(H,20,21). The molecule has 1 heterocycles. The summed E-state index contributed by atoms with van der Waals surface area (Å²) in [6, 6.07) is -0.587. The molecule has 7 nitrogen and oxygen atoms in total. The second-order valence-corrected chi connectivity index (χ2v) is 6.78. The molecule has 1 aliphatic rings. The molecule has 1 fully saturated rings. The van der Waals surface area contributed by atoms with Crippen molar-refractivity contribution < 1.29 is 14.4 Å². The lowest BCUT2D eigenvalue weighted by molar-refractivity contribution is -0.134. The highest BCUT2D eigenvalue weighted by atomic mass is 16.2. The molecule has 0 radical (unpaired) electrons. The smallest absolute Gasteiger partial charge is 0.239 e. The summed E-state index contributed by atoms with van der Waals surface area (Å²) in [5.41, 5.74) is 5.02. The van der Waals surface area contributed by atoms with E-state index in [2.05, 4.69) is 16.0 Å². The van der Waals surface area contributed by atoms with Crippen LogP contribution >= 0.6 is 0 Å². The number of carbonyl (C=O) groups excluding carboxylic acids is 3. The predicted octanol–water partition coefficient (Wildman–Crippen LogP) is -0.449. The number of nitrogens with two attached hydrogens (primary N) is 1. The van der Waals surface area contributed by atoms with Gasteiger partial charge >= 0.3 is 0 Å². The van der Waals surface area contributed by atoms with Gasteiger partial charge < -0.3 is 21.7 Å². The van der Waals surface area contributed by atoms with Crippen LogP contribution < -0.4 is 21.7 Å². The molecule has 0 aromatic heterocycles. The van der Waals surface area contributed by atoms with Gasteiger partial charge in [0, 0.05) is 12.5 Å². The van der Waals surface area contributed by atoms with Crippen molar-refractivity contribution in [1.29, 1.82) is 0 Å². The number of nitrogens with one attached hydrogen (secondary N) is 3. The molecule has 0 aromatic rings. The van der Waals surface area contributed by atoms with Crippen LogP contribution in [-0.2, 0) is 14.4 Å². The largest absolute Gasteiger partial charge is 0.347 e. The molecule has 2 unspecified atom stereocenters. The zero-order valence-corrected chi connectivity index (χ0v) is 14.4. The predicted molar refractivity (Wildman–Crippen MR) is 88.7 cm³/mol. The number of rotatable bonds is 8. The highest BCUT2D eigenvalue weighted by molar-refractivity contribution is 5.92. The summed E-state index contributed by atoms with van der Waals surface area (Å²) in [5, 5.41) is 8.55. The molecule has 23 heavy (non-hydrogen) atoms. The van der Waals surface area contributed by atoms with Crippen LogP contribution in [0.5, 0.6) is 0 Å². The second kappa shape index (κ2) is 8.98. The van der Waals surface area contributed by atoms with E-state index in [1.165, 1.54) is 0 Å². The number of hydrogen-bond acceptors (Lipinski definition) is 5. The Balaban J connectivity index is 2.48. The van der Waals surface area contributed by atoms with Crippen LogP contribution in [0.4, 0.5) is 0 Å². The third-order valence-corrected chi connectivity index (χ3v) is 4.26. The van der Waals surface area contributed by atoms with Crippen molar-refractivity contribution in [3.05, 3.63) is 0 Å². The molecule has 0 bridgehead atoms. The Hall–Kier alpha value is -1.47. The second-order valence-electron chi connectivity index (χ2n) is 6.78. The average Bonchev–Trinajstić information content (AvgIpc) is 2.52. The molecule has 0 aromatic carbocycles. The highest BCUT2D eigenvalue weighted by Gasteiger charge is 2.34. The molecule has 1 rings (SSSR count). The maximum atomic E-state index is 12.3. The van der Waals surface area contributed by atoms with Crippen molar-refractivity contribution in [1.82, 2.24) is 16.0 Å². The third-order valence-electron chi connectivity index (χ3n) is 4.26. The summed E-state index contributed by atoms with van der Waals surface area (Å²) in [6.45, 7) is 7.20. The van der Waals surface area contributed by atoms with Crippen molar-refractivity contribution in [3.8, 4) is 0 Å². The van der Waals surface area contributed by atoms with Crippen LogP contribution in [0, 0.1) is 11.3 Å². The van der Waals surface area contributed by atoms with Gasteiger partial charge in [0.25, 0.3) is 0 Å². The summed E-state index contributed by atoms with van der Waals surface area (Å²) in [5.74, 6) is -0.712. The normalized spacial score (nSPS) is 22.5. The number of hydrogen-bond donors (Lipinski definition) is 4.